The zero-order chi connectivity index (χ0) is 15.8. The smallest absolute Gasteiger partial charge is 0.265 e. The van der Waals surface area contributed by atoms with Crippen LogP contribution in [0.15, 0.2) is 41.9 Å². The molecule has 6 nitrogen and oxygen atoms in total. The molecule has 0 aliphatic rings. The molecule has 0 fully saturated rings. The Balaban J connectivity index is 1.80. The first-order valence-corrected chi connectivity index (χ1v) is 7.14. The highest BCUT2D eigenvalue weighted by Gasteiger charge is 2.02. The van der Waals surface area contributed by atoms with Crippen LogP contribution in [0, 0.1) is 0 Å². The first-order chi connectivity index (χ1) is 10.7. The Kier molecular flexibility index (Phi) is 5.97. The van der Waals surface area contributed by atoms with Gasteiger partial charge in [-0.15, -0.1) is 0 Å². The number of hydrogen-bond acceptors (Lipinski definition) is 4. The maximum atomic E-state index is 11.3. The number of nitrogens with zero attached hydrogens (tertiary/aromatic N) is 3. The fourth-order valence-corrected chi connectivity index (χ4v) is 2.01. The van der Waals surface area contributed by atoms with Gasteiger partial charge in [0, 0.05) is 30.7 Å². The third-order valence-corrected chi connectivity index (χ3v) is 3.17. The predicted octanol–water partition coefficient (Wildman–Crippen LogP) is 1.88. The van der Waals surface area contributed by atoms with Crippen LogP contribution in [0.25, 0.3) is 0 Å². The maximum absolute atomic E-state index is 11.3. The van der Waals surface area contributed by atoms with Gasteiger partial charge in [-0.1, -0.05) is 28.9 Å². The molecule has 1 heterocycles. The summed E-state index contributed by atoms with van der Waals surface area (Å²) >= 11 is 5.86. The standard InChI is InChI=1S/C15H17ClN4O2/c1-22-19-8-15(21)17-7-6-14-10-20(11-18-14)9-12-2-4-13(16)5-3-12/h2-5,8,10-11H,6-7,9H2,1H3,(H,17,21). The average molecular weight is 321 g/mol. The van der Waals surface area contributed by atoms with Gasteiger partial charge in [0.1, 0.15) is 13.3 Å². The van der Waals surface area contributed by atoms with Gasteiger partial charge in [-0.3, -0.25) is 4.79 Å². The SMILES string of the molecule is CON=CC(=O)NCCc1cn(Cc2ccc(Cl)cc2)cn1. The van der Waals surface area contributed by atoms with E-state index in [0.29, 0.717) is 13.0 Å². The number of aromatic nitrogens is 2. The van der Waals surface area contributed by atoms with Gasteiger partial charge in [0.05, 0.1) is 12.0 Å². The summed E-state index contributed by atoms with van der Waals surface area (Å²) in [5.74, 6) is -0.289. The summed E-state index contributed by atoms with van der Waals surface area (Å²) in [5.41, 5.74) is 2.07. The van der Waals surface area contributed by atoms with Gasteiger partial charge >= 0.3 is 0 Å². The molecule has 1 N–H and O–H groups in total. The lowest BCUT2D eigenvalue weighted by atomic mass is 10.2. The Morgan fingerprint density at radius 3 is 2.95 bits per heavy atom. The molecule has 2 aromatic rings. The Morgan fingerprint density at radius 2 is 2.23 bits per heavy atom. The molecule has 7 heteroatoms. The number of rotatable bonds is 7. The number of benzene rings is 1. The van der Waals surface area contributed by atoms with Crippen LogP contribution in [0.5, 0.6) is 0 Å². The molecular formula is C15H17ClN4O2. The van der Waals surface area contributed by atoms with E-state index < -0.39 is 0 Å². The van der Waals surface area contributed by atoms with Crippen molar-refractivity contribution in [3.8, 4) is 0 Å². The largest absolute Gasteiger partial charge is 0.399 e. The van der Waals surface area contributed by atoms with Crippen molar-refractivity contribution in [1.29, 1.82) is 0 Å². The fourth-order valence-electron chi connectivity index (χ4n) is 1.88. The van der Waals surface area contributed by atoms with Gasteiger partial charge in [-0.05, 0) is 17.7 Å². The van der Waals surface area contributed by atoms with Crippen LogP contribution in [0.4, 0.5) is 0 Å². The summed E-state index contributed by atoms with van der Waals surface area (Å²) in [6, 6.07) is 7.70. The molecule has 22 heavy (non-hydrogen) atoms. The molecular weight excluding hydrogens is 304 g/mol. The lowest BCUT2D eigenvalue weighted by Crippen LogP contribution is -2.26. The van der Waals surface area contributed by atoms with E-state index in [1.54, 1.807) is 6.33 Å². The van der Waals surface area contributed by atoms with Crippen molar-refractivity contribution in [2.45, 2.75) is 13.0 Å². The van der Waals surface area contributed by atoms with Crippen LogP contribution >= 0.6 is 11.6 Å². The molecule has 0 unspecified atom stereocenters. The minimum Gasteiger partial charge on any atom is -0.399 e. The number of carbonyl (C=O) groups excluding carboxylic acids is 1. The summed E-state index contributed by atoms with van der Waals surface area (Å²) in [4.78, 5) is 20.0. The Bertz CT molecular complexity index is 637. The summed E-state index contributed by atoms with van der Waals surface area (Å²) in [6.07, 6.45) is 5.49. The third kappa shape index (κ3) is 5.21. The third-order valence-electron chi connectivity index (χ3n) is 2.92. The second-order valence-electron chi connectivity index (χ2n) is 4.62. The van der Waals surface area contributed by atoms with Gasteiger partial charge < -0.3 is 14.7 Å². The van der Waals surface area contributed by atoms with Crippen LogP contribution in [-0.4, -0.2) is 35.3 Å². The monoisotopic (exact) mass is 320 g/mol. The van der Waals surface area contributed by atoms with Gasteiger partial charge in [0.2, 0.25) is 0 Å². The highest BCUT2D eigenvalue weighted by molar-refractivity contribution is 6.30. The molecule has 1 amide bonds. The lowest BCUT2D eigenvalue weighted by Gasteiger charge is -2.02. The molecule has 0 spiro atoms. The van der Waals surface area contributed by atoms with E-state index in [0.717, 1.165) is 29.0 Å². The molecule has 1 aromatic carbocycles. The van der Waals surface area contributed by atoms with Gasteiger partial charge in [-0.25, -0.2) is 4.98 Å². The van der Waals surface area contributed by atoms with E-state index in [2.05, 4.69) is 20.3 Å². The van der Waals surface area contributed by atoms with Crippen molar-refractivity contribution < 1.29 is 9.63 Å². The Labute approximate surface area is 133 Å². The Morgan fingerprint density at radius 1 is 1.45 bits per heavy atom. The molecule has 0 saturated heterocycles. The van der Waals surface area contributed by atoms with E-state index in [-0.39, 0.29) is 5.91 Å². The fraction of sp³-hybridized carbons (Fsp3) is 0.267. The van der Waals surface area contributed by atoms with Crippen molar-refractivity contribution >= 4 is 23.7 Å². The van der Waals surface area contributed by atoms with Crippen molar-refractivity contribution in [1.82, 2.24) is 14.9 Å². The van der Waals surface area contributed by atoms with Crippen molar-refractivity contribution in [2.24, 2.45) is 5.16 Å². The van der Waals surface area contributed by atoms with Crippen molar-refractivity contribution in [2.75, 3.05) is 13.7 Å². The molecule has 0 aliphatic carbocycles. The van der Waals surface area contributed by atoms with Crippen LogP contribution in [0.3, 0.4) is 0 Å². The number of oxime groups is 1. The molecule has 0 aliphatic heterocycles. The lowest BCUT2D eigenvalue weighted by molar-refractivity contribution is -0.114. The Hall–Kier alpha value is -2.34. The highest BCUT2D eigenvalue weighted by atomic mass is 35.5. The van der Waals surface area contributed by atoms with E-state index >= 15 is 0 Å². The second-order valence-corrected chi connectivity index (χ2v) is 5.06. The van der Waals surface area contributed by atoms with Crippen molar-refractivity contribution in [3.05, 3.63) is 53.1 Å². The number of amides is 1. The quantitative estimate of drug-likeness (QED) is 0.625. The number of halogens is 1. The number of hydrogen-bond donors (Lipinski definition) is 1. The number of imidazole rings is 1. The molecule has 0 bridgehead atoms. The summed E-state index contributed by atoms with van der Waals surface area (Å²) < 4.78 is 1.99. The van der Waals surface area contributed by atoms with Crippen LogP contribution < -0.4 is 5.32 Å². The van der Waals surface area contributed by atoms with Gasteiger partial charge in [0.25, 0.3) is 5.91 Å². The van der Waals surface area contributed by atoms with Gasteiger partial charge in [0.15, 0.2) is 0 Å². The first kappa shape index (κ1) is 16.0. The zero-order valence-electron chi connectivity index (χ0n) is 12.2. The minimum absolute atomic E-state index is 0.289. The average Bonchev–Trinajstić information content (AvgIpc) is 2.95. The van der Waals surface area contributed by atoms with E-state index in [9.17, 15) is 4.79 Å². The van der Waals surface area contributed by atoms with Crippen LogP contribution in [-0.2, 0) is 22.6 Å². The van der Waals surface area contributed by atoms with E-state index in [1.165, 1.54) is 7.11 Å². The normalized spacial score (nSPS) is 10.8. The molecule has 0 saturated carbocycles. The topological polar surface area (TPSA) is 68.5 Å². The predicted molar refractivity (Wildman–Crippen MR) is 85.0 cm³/mol. The van der Waals surface area contributed by atoms with Crippen LogP contribution in [0.1, 0.15) is 11.3 Å². The molecule has 2 rings (SSSR count). The summed E-state index contributed by atoms with van der Waals surface area (Å²) in [7, 11) is 1.39. The summed E-state index contributed by atoms with van der Waals surface area (Å²) in [5, 5.41) is 6.81. The number of carbonyl (C=O) groups is 1. The molecule has 0 atom stereocenters. The second kappa shape index (κ2) is 8.19. The van der Waals surface area contributed by atoms with E-state index in [4.69, 9.17) is 11.6 Å². The summed E-state index contributed by atoms with van der Waals surface area (Å²) in [6.45, 7) is 1.23. The zero-order valence-corrected chi connectivity index (χ0v) is 13.0. The maximum Gasteiger partial charge on any atom is 0.265 e. The minimum atomic E-state index is -0.289. The number of nitrogens with one attached hydrogen (secondary N) is 1. The molecule has 0 radical (unpaired) electrons. The molecule has 116 valence electrons. The van der Waals surface area contributed by atoms with Gasteiger partial charge in [-0.2, -0.15) is 0 Å². The van der Waals surface area contributed by atoms with Crippen molar-refractivity contribution in [3.63, 3.8) is 0 Å². The highest BCUT2D eigenvalue weighted by Crippen LogP contribution is 2.11. The van der Waals surface area contributed by atoms with Crippen LogP contribution in [0.2, 0.25) is 5.02 Å². The van der Waals surface area contributed by atoms with E-state index in [1.807, 2.05) is 35.0 Å². The first-order valence-electron chi connectivity index (χ1n) is 6.77. The molecule has 1 aromatic heterocycles.